The molecule has 1 unspecified atom stereocenters. The topological polar surface area (TPSA) is 152 Å². The van der Waals surface area contributed by atoms with Gasteiger partial charge >= 0.3 is 12.1 Å². The normalized spacial score (nSPS) is 14.7. The Labute approximate surface area is 189 Å². The van der Waals surface area contributed by atoms with Crippen molar-refractivity contribution in [1.82, 2.24) is 29.4 Å². The van der Waals surface area contributed by atoms with Crippen LogP contribution in [-0.4, -0.2) is 91.1 Å². The molecule has 0 spiro atoms. The number of amides is 3. The first-order chi connectivity index (χ1) is 15.6. The van der Waals surface area contributed by atoms with Crippen LogP contribution in [0.3, 0.4) is 0 Å². The number of piperazine rings is 1. The molecule has 3 amide bonds. The Balaban J connectivity index is 1.66. The number of anilines is 1. The first-order valence-electron chi connectivity index (χ1n) is 10.5. The maximum atomic E-state index is 13.0. The molecule has 1 fully saturated rings. The zero-order valence-corrected chi connectivity index (χ0v) is 18.9. The summed E-state index contributed by atoms with van der Waals surface area (Å²) in [5, 5.41) is 20.1. The number of hydrogen-bond acceptors (Lipinski definition) is 7. The zero-order chi connectivity index (χ0) is 24.3. The van der Waals surface area contributed by atoms with Gasteiger partial charge in [-0.15, -0.1) is 0 Å². The molecule has 0 radical (unpaired) electrons. The third-order valence-corrected chi connectivity index (χ3v) is 5.42. The van der Waals surface area contributed by atoms with Crippen molar-refractivity contribution >= 4 is 29.6 Å². The molecule has 2 N–H and O–H groups in total. The SMILES string of the molecule is CCOC(=O)N1CCN(C(=O)C(C)n2cc(NC(=O)c3cnn(C)c3C(=O)O)c(C)n2)CC1. The summed E-state index contributed by atoms with van der Waals surface area (Å²) < 4.78 is 7.55. The van der Waals surface area contributed by atoms with Crippen molar-refractivity contribution in [3.63, 3.8) is 0 Å². The highest BCUT2D eigenvalue weighted by atomic mass is 16.6. The smallest absolute Gasteiger partial charge is 0.409 e. The van der Waals surface area contributed by atoms with Gasteiger partial charge in [0.25, 0.3) is 5.91 Å². The Morgan fingerprint density at radius 1 is 1.18 bits per heavy atom. The van der Waals surface area contributed by atoms with E-state index in [1.54, 1.807) is 30.6 Å². The van der Waals surface area contributed by atoms with Gasteiger partial charge in [-0.2, -0.15) is 10.2 Å². The van der Waals surface area contributed by atoms with Crippen LogP contribution >= 0.6 is 0 Å². The van der Waals surface area contributed by atoms with E-state index in [0.29, 0.717) is 44.2 Å². The van der Waals surface area contributed by atoms with Crippen LogP contribution in [0.2, 0.25) is 0 Å². The molecule has 0 aromatic carbocycles. The Hall–Kier alpha value is -3.90. The van der Waals surface area contributed by atoms with E-state index in [1.165, 1.54) is 24.1 Å². The molecule has 0 saturated carbocycles. The molecule has 13 nitrogen and oxygen atoms in total. The summed E-state index contributed by atoms with van der Waals surface area (Å²) >= 11 is 0. The van der Waals surface area contributed by atoms with Gasteiger partial charge in [-0.05, 0) is 20.8 Å². The number of hydrogen-bond donors (Lipinski definition) is 2. The van der Waals surface area contributed by atoms with Gasteiger partial charge in [-0.25, -0.2) is 9.59 Å². The van der Waals surface area contributed by atoms with Crippen molar-refractivity contribution in [1.29, 1.82) is 0 Å². The van der Waals surface area contributed by atoms with E-state index in [-0.39, 0.29) is 23.3 Å². The van der Waals surface area contributed by atoms with Crippen molar-refractivity contribution in [2.24, 2.45) is 7.05 Å². The van der Waals surface area contributed by atoms with Crippen LogP contribution in [-0.2, 0) is 16.6 Å². The minimum atomic E-state index is -1.27. The van der Waals surface area contributed by atoms with Crippen LogP contribution in [0.5, 0.6) is 0 Å². The van der Waals surface area contributed by atoms with Crippen LogP contribution in [0, 0.1) is 6.92 Å². The standard InChI is InChI=1S/C20H27N7O6/c1-5-33-20(32)26-8-6-25(7-9-26)18(29)13(3)27-11-15(12(2)23-27)22-17(28)14-10-21-24(4)16(14)19(30)31/h10-11,13H,5-9H2,1-4H3,(H,22,28)(H,30,31). The summed E-state index contributed by atoms with van der Waals surface area (Å²) in [6, 6.07) is -0.642. The van der Waals surface area contributed by atoms with Crippen LogP contribution < -0.4 is 5.32 Å². The first-order valence-corrected chi connectivity index (χ1v) is 10.5. The number of ether oxygens (including phenoxy) is 1. The molecule has 1 atom stereocenters. The van der Waals surface area contributed by atoms with E-state index in [1.807, 2.05) is 0 Å². The number of carboxylic acid groups (broad SMARTS) is 1. The quantitative estimate of drug-likeness (QED) is 0.639. The average Bonchev–Trinajstić information content (AvgIpc) is 3.35. The second kappa shape index (κ2) is 9.71. The highest BCUT2D eigenvalue weighted by molar-refractivity contribution is 6.10. The number of aromatic nitrogens is 4. The van der Waals surface area contributed by atoms with E-state index in [9.17, 15) is 24.3 Å². The van der Waals surface area contributed by atoms with Gasteiger partial charge in [0.05, 0.1) is 29.7 Å². The molecule has 2 aromatic rings. The molecule has 1 aliphatic heterocycles. The van der Waals surface area contributed by atoms with E-state index < -0.39 is 17.9 Å². The number of aryl methyl sites for hydroxylation is 2. The summed E-state index contributed by atoms with van der Waals surface area (Å²) in [5.74, 6) is -2.08. The van der Waals surface area contributed by atoms with Gasteiger partial charge in [-0.1, -0.05) is 0 Å². The van der Waals surface area contributed by atoms with Gasteiger partial charge in [0.1, 0.15) is 6.04 Å². The van der Waals surface area contributed by atoms with Crippen molar-refractivity contribution < 1.29 is 29.0 Å². The van der Waals surface area contributed by atoms with Gasteiger partial charge in [0.2, 0.25) is 5.91 Å². The third kappa shape index (κ3) is 4.96. The molecule has 2 aromatic heterocycles. The monoisotopic (exact) mass is 461 g/mol. The van der Waals surface area contributed by atoms with Gasteiger partial charge < -0.3 is 25.0 Å². The van der Waals surface area contributed by atoms with Crippen molar-refractivity contribution in [2.45, 2.75) is 26.8 Å². The van der Waals surface area contributed by atoms with Gasteiger partial charge in [0, 0.05) is 39.4 Å². The lowest BCUT2D eigenvalue weighted by atomic mass is 10.2. The highest BCUT2D eigenvalue weighted by Gasteiger charge is 2.29. The summed E-state index contributed by atoms with van der Waals surface area (Å²) in [7, 11) is 1.43. The zero-order valence-electron chi connectivity index (χ0n) is 18.9. The summed E-state index contributed by atoms with van der Waals surface area (Å²) in [6.07, 6.45) is 2.32. The van der Waals surface area contributed by atoms with Gasteiger partial charge in [-0.3, -0.25) is 19.0 Å². The summed E-state index contributed by atoms with van der Waals surface area (Å²) in [5.41, 5.74) is 0.506. The molecular formula is C20H27N7O6. The van der Waals surface area contributed by atoms with E-state index in [4.69, 9.17) is 4.74 Å². The molecule has 13 heteroatoms. The van der Waals surface area contributed by atoms with Crippen LogP contribution in [0.4, 0.5) is 10.5 Å². The molecule has 178 valence electrons. The average molecular weight is 461 g/mol. The number of rotatable bonds is 6. The molecule has 0 bridgehead atoms. The number of carbonyl (C=O) groups is 4. The molecular weight excluding hydrogens is 434 g/mol. The predicted molar refractivity (Wildman–Crippen MR) is 115 cm³/mol. The van der Waals surface area contributed by atoms with Crippen molar-refractivity contribution in [3.05, 3.63) is 29.3 Å². The molecule has 3 heterocycles. The number of nitrogens with zero attached hydrogens (tertiary/aromatic N) is 6. The highest BCUT2D eigenvalue weighted by Crippen LogP contribution is 2.20. The number of carboxylic acids is 1. The van der Waals surface area contributed by atoms with Crippen molar-refractivity contribution in [2.75, 3.05) is 38.1 Å². The van der Waals surface area contributed by atoms with Crippen LogP contribution in [0.25, 0.3) is 0 Å². The minimum absolute atomic E-state index is 0.0826. The fourth-order valence-corrected chi connectivity index (χ4v) is 3.55. The second-order valence-corrected chi connectivity index (χ2v) is 7.59. The predicted octanol–water partition coefficient (Wildman–Crippen LogP) is 0.737. The molecule has 1 saturated heterocycles. The molecule has 0 aliphatic carbocycles. The fourth-order valence-electron chi connectivity index (χ4n) is 3.55. The Kier molecular flexibility index (Phi) is 6.99. The Morgan fingerprint density at radius 2 is 1.82 bits per heavy atom. The number of nitrogens with one attached hydrogen (secondary N) is 1. The summed E-state index contributed by atoms with van der Waals surface area (Å²) in [6.45, 7) is 6.93. The lowest BCUT2D eigenvalue weighted by Crippen LogP contribution is -2.52. The lowest BCUT2D eigenvalue weighted by molar-refractivity contribution is -0.136. The van der Waals surface area contributed by atoms with E-state index >= 15 is 0 Å². The fraction of sp³-hybridized carbons (Fsp3) is 0.500. The number of carbonyl (C=O) groups excluding carboxylic acids is 3. The van der Waals surface area contributed by atoms with Crippen LogP contribution in [0.15, 0.2) is 12.4 Å². The largest absolute Gasteiger partial charge is 0.477 e. The number of aromatic carboxylic acids is 1. The van der Waals surface area contributed by atoms with Crippen molar-refractivity contribution in [3.8, 4) is 0 Å². The summed E-state index contributed by atoms with van der Waals surface area (Å²) in [4.78, 5) is 52.0. The molecule has 33 heavy (non-hydrogen) atoms. The Morgan fingerprint density at radius 3 is 2.42 bits per heavy atom. The van der Waals surface area contributed by atoms with E-state index in [2.05, 4.69) is 15.5 Å². The maximum Gasteiger partial charge on any atom is 0.409 e. The molecule has 1 aliphatic rings. The maximum absolute atomic E-state index is 13.0. The van der Waals surface area contributed by atoms with E-state index in [0.717, 1.165) is 4.68 Å². The lowest BCUT2D eigenvalue weighted by Gasteiger charge is -2.35. The first kappa shape index (κ1) is 23.8. The second-order valence-electron chi connectivity index (χ2n) is 7.59. The third-order valence-electron chi connectivity index (χ3n) is 5.42. The Bertz CT molecular complexity index is 1070. The van der Waals surface area contributed by atoms with Crippen LogP contribution in [0.1, 0.15) is 46.4 Å². The minimum Gasteiger partial charge on any atom is -0.477 e. The molecule has 3 rings (SSSR count). The van der Waals surface area contributed by atoms with Gasteiger partial charge in [0.15, 0.2) is 5.69 Å².